The van der Waals surface area contributed by atoms with E-state index in [0.29, 0.717) is 19.1 Å². The summed E-state index contributed by atoms with van der Waals surface area (Å²) in [5, 5.41) is 7.20. The van der Waals surface area contributed by atoms with Crippen molar-refractivity contribution in [2.45, 2.75) is 51.2 Å². The molecule has 0 radical (unpaired) electrons. The lowest BCUT2D eigenvalue weighted by Gasteiger charge is -2.29. The van der Waals surface area contributed by atoms with Crippen LogP contribution in [-0.2, 0) is 9.53 Å². The Hall–Kier alpha value is -1.66. The van der Waals surface area contributed by atoms with E-state index in [4.69, 9.17) is 5.41 Å². The monoisotopic (exact) mass is 332 g/mol. The summed E-state index contributed by atoms with van der Waals surface area (Å²) in [7, 11) is 0. The van der Waals surface area contributed by atoms with Gasteiger partial charge in [-0.05, 0) is 32.1 Å². The number of allylic oxidation sites excluding steroid dienone is 1. The van der Waals surface area contributed by atoms with Gasteiger partial charge in [0, 0.05) is 6.21 Å². The molecule has 0 aliphatic heterocycles. The van der Waals surface area contributed by atoms with Gasteiger partial charge in [0.05, 0.1) is 12.6 Å². The molecule has 1 rings (SSSR count). The number of alkyl halides is 3. The molecule has 0 aromatic rings. The molecule has 0 bridgehead atoms. The molecule has 3 atom stereocenters. The predicted molar refractivity (Wildman–Crippen MR) is 83.0 cm³/mol. The van der Waals surface area contributed by atoms with E-state index in [1.165, 1.54) is 6.92 Å². The van der Waals surface area contributed by atoms with Gasteiger partial charge in [-0.15, -0.1) is 6.58 Å². The molecule has 1 saturated carbocycles. The number of hydrogen-bond acceptors (Lipinski definition) is 4. The molecular weight excluding hydrogens is 309 g/mol. The quantitative estimate of drug-likeness (QED) is 0.436. The summed E-state index contributed by atoms with van der Waals surface area (Å²) < 4.78 is 44.7. The van der Waals surface area contributed by atoms with E-state index in [9.17, 15) is 18.0 Å². The molecule has 1 aliphatic rings. The second-order valence-electron chi connectivity index (χ2n) is 5.54. The van der Waals surface area contributed by atoms with E-state index in [2.05, 4.69) is 16.3 Å². The molecule has 0 saturated heterocycles. The number of carbonyl (C=O) groups excluding carboxylic acids is 1. The van der Waals surface area contributed by atoms with Crippen molar-refractivity contribution >= 4 is 17.9 Å². The van der Waals surface area contributed by atoms with Crippen LogP contribution in [0.3, 0.4) is 0 Å². The van der Waals surface area contributed by atoms with Crippen LogP contribution in [0.25, 0.3) is 0 Å². The average Bonchev–Trinajstić information content (AvgIpc) is 2.48. The number of rotatable bonds is 7. The number of hydrogen-bond donors (Lipinski definition) is 1. The fourth-order valence-corrected chi connectivity index (χ4v) is 2.85. The van der Waals surface area contributed by atoms with Crippen molar-refractivity contribution in [1.29, 1.82) is 5.41 Å². The second kappa shape index (κ2) is 8.84. The molecule has 0 aromatic heterocycles. The van der Waals surface area contributed by atoms with E-state index in [-0.39, 0.29) is 12.5 Å². The zero-order valence-electron chi connectivity index (χ0n) is 13.2. The zero-order chi connectivity index (χ0) is 17.5. The highest BCUT2D eigenvalue weighted by Crippen LogP contribution is 2.32. The molecule has 1 N–H and O–H groups in total. The number of nitrogens with one attached hydrogen (secondary N) is 1. The van der Waals surface area contributed by atoms with Crippen LogP contribution in [-0.4, -0.2) is 36.7 Å². The topological polar surface area (TPSA) is 62.5 Å². The number of aliphatic imine (C=N–C) groups is 1. The van der Waals surface area contributed by atoms with E-state index < -0.39 is 29.8 Å². The summed E-state index contributed by atoms with van der Waals surface area (Å²) in [5.41, 5.74) is -1.23. The van der Waals surface area contributed by atoms with Crippen LogP contribution in [0.2, 0.25) is 0 Å². The Morgan fingerprint density at radius 1 is 1.43 bits per heavy atom. The first-order chi connectivity index (χ1) is 10.8. The van der Waals surface area contributed by atoms with Crippen molar-refractivity contribution < 1.29 is 22.7 Å². The van der Waals surface area contributed by atoms with Crippen molar-refractivity contribution in [2.24, 2.45) is 16.8 Å². The van der Waals surface area contributed by atoms with Crippen LogP contribution < -0.4 is 0 Å². The Kier molecular flexibility index (Phi) is 7.45. The first-order valence-corrected chi connectivity index (χ1v) is 7.78. The zero-order valence-corrected chi connectivity index (χ0v) is 13.2. The SMILES string of the molecule is C=CCC1CCCCC1N=C(C(C=N)C(=O)OCC)C(F)(F)F. The lowest BCUT2D eigenvalue weighted by Crippen LogP contribution is -2.39. The summed E-state index contributed by atoms with van der Waals surface area (Å²) in [6.07, 6.45) is 1.06. The number of esters is 1. The van der Waals surface area contributed by atoms with Gasteiger partial charge in [0.25, 0.3) is 0 Å². The lowest BCUT2D eigenvalue weighted by atomic mass is 9.82. The van der Waals surface area contributed by atoms with Gasteiger partial charge in [-0.1, -0.05) is 18.9 Å². The first-order valence-electron chi connectivity index (χ1n) is 7.78. The molecule has 0 amide bonds. The third-order valence-electron chi connectivity index (χ3n) is 3.94. The van der Waals surface area contributed by atoms with Gasteiger partial charge in [0.15, 0.2) is 0 Å². The number of ether oxygens (including phenoxy) is 1. The molecule has 130 valence electrons. The van der Waals surface area contributed by atoms with E-state index in [1.807, 2.05) is 0 Å². The highest BCUT2D eigenvalue weighted by atomic mass is 19.4. The first kappa shape index (κ1) is 19.4. The molecule has 23 heavy (non-hydrogen) atoms. The van der Waals surface area contributed by atoms with Crippen molar-refractivity contribution in [1.82, 2.24) is 0 Å². The fourth-order valence-electron chi connectivity index (χ4n) is 2.85. The molecule has 0 aromatic carbocycles. The molecule has 0 heterocycles. The molecule has 7 heteroatoms. The van der Waals surface area contributed by atoms with Gasteiger partial charge in [-0.2, -0.15) is 13.2 Å². The van der Waals surface area contributed by atoms with Crippen LogP contribution in [0.5, 0.6) is 0 Å². The van der Waals surface area contributed by atoms with Crippen molar-refractivity contribution in [2.75, 3.05) is 6.61 Å². The standard InChI is InChI=1S/C16H23F3N2O2/c1-3-7-11-8-5-6-9-13(11)21-14(16(17,18)19)12(10-20)15(22)23-4-2/h3,10-13,20H,1,4-9H2,2H3. The van der Waals surface area contributed by atoms with Crippen LogP contribution in [0.4, 0.5) is 13.2 Å². The predicted octanol–water partition coefficient (Wildman–Crippen LogP) is 3.95. The van der Waals surface area contributed by atoms with Gasteiger partial charge in [0.1, 0.15) is 11.6 Å². The van der Waals surface area contributed by atoms with Crippen LogP contribution >= 0.6 is 0 Å². The minimum atomic E-state index is -4.77. The van der Waals surface area contributed by atoms with Crippen molar-refractivity contribution in [3.8, 4) is 0 Å². The van der Waals surface area contributed by atoms with Gasteiger partial charge in [0.2, 0.25) is 0 Å². The summed E-state index contributed by atoms with van der Waals surface area (Å²) >= 11 is 0. The second-order valence-corrected chi connectivity index (χ2v) is 5.54. The summed E-state index contributed by atoms with van der Waals surface area (Å²) in [5.74, 6) is -2.90. The van der Waals surface area contributed by atoms with Gasteiger partial charge in [-0.3, -0.25) is 9.79 Å². The van der Waals surface area contributed by atoms with Crippen LogP contribution in [0, 0.1) is 17.2 Å². The smallest absolute Gasteiger partial charge is 0.430 e. The van der Waals surface area contributed by atoms with Gasteiger partial charge >= 0.3 is 12.1 Å². The maximum atomic E-state index is 13.4. The summed E-state index contributed by atoms with van der Waals surface area (Å²) in [6, 6.07) is -0.504. The number of carbonyl (C=O) groups is 1. The Balaban J connectivity index is 3.15. The minimum absolute atomic E-state index is 0.00724. The molecule has 1 fully saturated rings. The van der Waals surface area contributed by atoms with E-state index in [1.54, 1.807) is 6.08 Å². The van der Waals surface area contributed by atoms with Gasteiger partial charge < -0.3 is 10.1 Å². The molecule has 3 unspecified atom stereocenters. The van der Waals surface area contributed by atoms with Crippen LogP contribution in [0.1, 0.15) is 39.0 Å². The Bertz CT molecular complexity index is 461. The third-order valence-corrected chi connectivity index (χ3v) is 3.94. The van der Waals surface area contributed by atoms with Gasteiger partial charge in [-0.25, -0.2) is 0 Å². The van der Waals surface area contributed by atoms with Crippen LogP contribution in [0.15, 0.2) is 17.6 Å². The Morgan fingerprint density at radius 2 is 2.09 bits per heavy atom. The Morgan fingerprint density at radius 3 is 2.61 bits per heavy atom. The van der Waals surface area contributed by atoms with Crippen molar-refractivity contribution in [3.05, 3.63) is 12.7 Å². The largest absolute Gasteiger partial charge is 0.465 e. The highest BCUT2D eigenvalue weighted by molar-refractivity contribution is 6.15. The molecular formula is C16H23F3N2O2. The minimum Gasteiger partial charge on any atom is -0.465 e. The van der Waals surface area contributed by atoms with E-state index >= 15 is 0 Å². The molecule has 4 nitrogen and oxygen atoms in total. The highest BCUT2D eigenvalue weighted by Gasteiger charge is 2.44. The third kappa shape index (κ3) is 5.48. The fraction of sp³-hybridized carbons (Fsp3) is 0.688. The average molecular weight is 332 g/mol. The summed E-state index contributed by atoms with van der Waals surface area (Å²) in [4.78, 5) is 15.6. The maximum Gasteiger partial charge on any atom is 0.430 e. The van der Waals surface area contributed by atoms with E-state index in [0.717, 1.165) is 19.3 Å². The number of halogens is 3. The lowest BCUT2D eigenvalue weighted by molar-refractivity contribution is -0.144. The maximum absolute atomic E-state index is 13.4. The molecule has 1 aliphatic carbocycles. The number of nitrogens with zero attached hydrogens (tertiary/aromatic N) is 1. The molecule has 0 spiro atoms. The normalized spacial score (nSPS) is 23.9. The Labute approximate surface area is 134 Å². The summed E-state index contributed by atoms with van der Waals surface area (Å²) in [6.45, 7) is 5.10. The van der Waals surface area contributed by atoms with Crippen molar-refractivity contribution in [3.63, 3.8) is 0 Å².